The molecule has 6 nitrogen and oxygen atoms in total. The predicted octanol–water partition coefficient (Wildman–Crippen LogP) is 2.74. The van der Waals surface area contributed by atoms with Gasteiger partial charge in [0.1, 0.15) is 5.75 Å². The minimum atomic E-state index is -0.368. The first kappa shape index (κ1) is 20.4. The first-order chi connectivity index (χ1) is 13.1. The highest BCUT2D eigenvalue weighted by Gasteiger charge is 2.09. The summed E-state index contributed by atoms with van der Waals surface area (Å²) in [6.45, 7) is 2.65. The number of hydrazine groups is 1. The Balaban J connectivity index is 1.71. The van der Waals surface area contributed by atoms with E-state index in [1.165, 1.54) is 0 Å². The minimum Gasteiger partial charge on any atom is -0.494 e. The number of ether oxygens (including phenoxy) is 1. The highest BCUT2D eigenvalue weighted by atomic mass is 32.1. The minimum absolute atomic E-state index is 0.0272. The second-order valence-electron chi connectivity index (χ2n) is 5.81. The van der Waals surface area contributed by atoms with Crippen LogP contribution in [-0.2, 0) is 11.2 Å². The van der Waals surface area contributed by atoms with Crippen molar-refractivity contribution in [3.8, 4) is 5.75 Å². The van der Waals surface area contributed by atoms with Gasteiger partial charge in [-0.3, -0.25) is 25.8 Å². The fraction of sp³-hybridized carbons (Fsp3) is 0.250. The lowest BCUT2D eigenvalue weighted by atomic mass is 10.1. The summed E-state index contributed by atoms with van der Waals surface area (Å²) in [4.78, 5) is 24.0. The maximum Gasteiger partial charge on any atom is 0.257 e. The van der Waals surface area contributed by atoms with E-state index in [1.807, 2.05) is 37.3 Å². The zero-order valence-electron chi connectivity index (χ0n) is 15.2. The van der Waals surface area contributed by atoms with Crippen LogP contribution in [0.15, 0.2) is 54.6 Å². The Kier molecular flexibility index (Phi) is 8.25. The van der Waals surface area contributed by atoms with Crippen LogP contribution < -0.4 is 20.9 Å². The summed E-state index contributed by atoms with van der Waals surface area (Å²) < 4.78 is 5.47. The zero-order valence-corrected chi connectivity index (χ0v) is 16.0. The Morgan fingerprint density at radius 3 is 2.37 bits per heavy atom. The van der Waals surface area contributed by atoms with E-state index in [4.69, 9.17) is 17.0 Å². The molecule has 2 rings (SSSR count). The molecule has 2 aromatic carbocycles. The van der Waals surface area contributed by atoms with Crippen molar-refractivity contribution in [2.75, 3.05) is 6.61 Å². The lowest BCUT2D eigenvalue weighted by molar-refractivity contribution is -0.121. The van der Waals surface area contributed by atoms with Crippen molar-refractivity contribution in [3.05, 3.63) is 65.7 Å². The molecule has 27 heavy (non-hydrogen) atoms. The van der Waals surface area contributed by atoms with E-state index in [-0.39, 0.29) is 16.9 Å². The van der Waals surface area contributed by atoms with Crippen molar-refractivity contribution in [1.29, 1.82) is 0 Å². The van der Waals surface area contributed by atoms with Gasteiger partial charge in [0.05, 0.1) is 6.61 Å². The Bertz CT molecular complexity index is 764. The van der Waals surface area contributed by atoms with Crippen LogP contribution in [0.3, 0.4) is 0 Å². The molecule has 0 spiro atoms. The topological polar surface area (TPSA) is 79.5 Å². The third-order valence-corrected chi connectivity index (χ3v) is 3.82. The van der Waals surface area contributed by atoms with E-state index in [0.29, 0.717) is 30.8 Å². The summed E-state index contributed by atoms with van der Waals surface area (Å²) in [7, 11) is 0. The molecule has 2 aromatic rings. The molecule has 0 saturated carbocycles. The Hall–Kier alpha value is -2.93. The van der Waals surface area contributed by atoms with Crippen molar-refractivity contribution in [2.24, 2.45) is 0 Å². The zero-order chi connectivity index (χ0) is 19.5. The first-order valence-corrected chi connectivity index (χ1v) is 9.16. The number of benzene rings is 2. The lowest BCUT2D eigenvalue weighted by Gasteiger charge is -2.11. The van der Waals surface area contributed by atoms with Gasteiger partial charge in [-0.25, -0.2) is 0 Å². The third-order valence-electron chi connectivity index (χ3n) is 3.62. The molecule has 0 aliphatic carbocycles. The molecular formula is C20H23N3O3S. The molecule has 0 unspecified atom stereocenters. The molecule has 0 atom stereocenters. The fourth-order valence-electron chi connectivity index (χ4n) is 2.22. The van der Waals surface area contributed by atoms with E-state index >= 15 is 0 Å². The van der Waals surface area contributed by atoms with Crippen LogP contribution in [0.2, 0.25) is 0 Å². The highest BCUT2D eigenvalue weighted by molar-refractivity contribution is 7.80. The average Bonchev–Trinajstić information content (AvgIpc) is 2.70. The molecule has 0 aliphatic heterocycles. The first-order valence-electron chi connectivity index (χ1n) is 8.75. The number of hydrogen-bond donors (Lipinski definition) is 3. The number of aryl methyl sites for hydroxylation is 1. The Morgan fingerprint density at radius 1 is 1.00 bits per heavy atom. The predicted molar refractivity (Wildman–Crippen MR) is 108 cm³/mol. The monoisotopic (exact) mass is 385 g/mol. The maximum atomic E-state index is 12.1. The summed E-state index contributed by atoms with van der Waals surface area (Å²) in [6, 6.07) is 16.5. The molecule has 0 fully saturated rings. The molecule has 2 amide bonds. The molecule has 3 N–H and O–H groups in total. The van der Waals surface area contributed by atoms with E-state index in [9.17, 15) is 9.59 Å². The van der Waals surface area contributed by atoms with Crippen LogP contribution in [0, 0.1) is 0 Å². The quantitative estimate of drug-likeness (QED) is 0.505. The van der Waals surface area contributed by atoms with Crippen LogP contribution in [0.1, 0.15) is 35.7 Å². The van der Waals surface area contributed by atoms with Gasteiger partial charge < -0.3 is 4.74 Å². The number of nitrogens with one attached hydrogen (secondary N) is 3. The molecule has 0 saturated heterocycles. The normalized spacial score (nSPS) is 9.96. The van der Waals surface area contributed by atoms with Gasteiger partial charge in [0, 0.05) is 12.0 Å². The number of carbonyl (C=O) groups excluding carboxylic acids is 2. The van der Waals surface area contributed by atoms with Gasteiger partial charge in [0.15, 0.2) is 5.11 Å². The fourth-order valence-corrected chi connectivity index (χ4v) is 2.36. The van der Waals surface area contributed by atoms with Crippen molar-refractivity contribution < 1.29 is 14.3 Å². The highest BCUT2D eigenvalue weighted by Crippen LogP contribution is 2.12. The van der Waals surface area contributed by atoms with Crippen LogP contribution >= 0.6 is 12.2 Å². The van der Waals surface area contributed by atoms with Gasteiger partial charge in [-0.1, -0.05) is 37.3 Å². The molecule has 7 heteroatoms. The SMILES string of the molecule is CCCOc1ccc(C(=O)NC(=S)NNC(=O)CCc2ccccc2)cc1. The Morgan fingerprint density at radius 2 is 1.70 bits per heavy atom. The van der Waals surface area contributed by atoms with Gasteiger partial charge in [-0.2, -0.15) is 0 Å². The Labute approximate surface area is 164 Å². The van der Waals surface area contributed by atoms with Crippen LogP contribution in [0.25, 0.3) is 0 Å². The van der Waals surface area contributed by atoms with Gasteiger partial charge >= 0.3 is 0 Å². The summed E-state index contributed by atoms with van der Waals surface area (Å²) >= 11 is 5.03. The van der Waals surface area contributed by atoms with Crippen LogP contribution in [-0.4, -0.2) is 23.5 Å². The number of amides is 2. The van der Waals surface area contributed by atoms with Crippen molar-refractivity contribution >= 4 is 29.1 Å². The number of rotatable bonds is 7. The number of carbonyl (C=O) groups is 2. The van der Waals surface area contributed by atoms with Crippen molar-refractivity contribution in [3.63, 3.8) is 0 Å². The summed E-state index contributed by atoms with van der Waals surface area (Å²) in [5.74, 6) is 0.126. The summed E-state index contributed by atoms with van der Waals surface area (Å²) in [6.07, 6.45) is 1.85. The van der Waals surface area contributed by atoms with Gasteiger partial charge in [-0.15, -0.1) is 0 Å². The summed E-state index contributed by atoms with van der Waals surface area (Å²) in [5.41, 5.74) is 6.53. The van der Waals surface area contributed by atoms with E-state index in [2.05, 4.69) is 16.2 Å². The van der Waals surface area contributed by atoms with E-state index in [1.54, 1.807) is 24.3 Å². The van der Waals surface area contributed by atoms with Crippen molar-refractivity contribution in [1.82, 2.24) is 16.2 Å². The maximum absolute atomic E-state index is 12.1. The van der Waals surface area contributed by atoms with Crippen LogP contribution in [0.4, 0.5) is 0 Å². The van der Waals surface area contributed by atoms with Gasteiger partial charge in [0.2, 0.25) is 5.91 Å². The van der Waals surface area contributed by atoms with Gasteiger partial charge in [-0.05, 0) is 54.9 Å². The number of hydrogen-bond acceptors (Lipinski definition) is 4. The van der Waals surface area contributed by atoms with Crippen LogP contribution in [0.5, 0.6) is 5.75 Å². The molecule has 0 heterocycles. The molecule has 0 aliphatic rings. The standard InChI is InChI=1S/C20H23N3O3S/c1-2-14-26-17-11-9-16(10-12-17)19(25)21-20(27)23-22-18(24)13-8-15-6-4-3-5-7-15/h3-7,9-12H,2,8,13-14H2,1H3,(H,22,24)(H2,21,23,25,27). The van der Waals surface area contributed by atoms with E-state index in [0.717, 1.165) is 12.0 Å². The molecule has 142 valence electrons. The lowest BCUT2D eigenvalue weighted by Crippen LogP contribution is -2.48. The second-order valence-corrected chi connectivity index (χ2v) is 6.22. The van der Waals surface area contributed by atoms with E-state index < -0.39 is 0 Å². The molecule has 0 radical (unpaired) electrons. The third kappa shape index (κ3) is 7.45. The summed E-state index contributed by atoms with van der Waals surface area (Å²) in [5, 5.41) is 2.54. The molecular weight excluding hydrogens is 362 g/mol. The smallest absolute Gasteiger partial charge is 0.257 e. The molecule has 0 aromatic heterocycles. The second kappa shape index (κ2) is 10.9. The van der Waals surface area contributed by atoms with Crippen molar-refractivity contribution in [2.45, 2.75) is 26.2 Å². The number of thiocarbonyl (C=S) groups is 1. The molecule has 0 bridgehead atoms. The van der Waals surface area contributed by atoms with Gasteiger partial charge in [0.25, 0.3) is 5.91 Å². The average molecular weight is 385 g/mol. The largest absolute Gasteiger partial charge is 0.494 e.